The number of nitrogens with zero attached hydrogens (tertiary/aromatic N) is 1. The average Bonchev–Trinajstić information content (AvgIpc) is 3.16. The topological polar surface area (TPSA) is 169 Å². The highest BCUT2D eigenvalue weighted by molar-refractivity contribution is 7.90. The lowest BCUT2D eigenvalue weighted by atomic mass is 10.2. The lowest BCUT2D eigenvalue weighted by molar-refractivity contribution is 0.0988. The number of anilines is 1. The van der Waals surface area contributed by atoms with Crippen LogP contribution in [0.25, 0.3) is 0 Å². The van der Waals surface area contributed by atoms with Crippen molar-refractivity contribution in [3.05, 3.63) is 58.6 Å². The van der Waals surface area contributed by atoms with E-state index in [0.717, 1.165) is 17.6 Å². The van der Waals surface area contributed by atoms with Gasteiger partial charge in [-0.3, -0.25) is 19.5 Å². The van der Waals surface area contributed by atoms with Crippen molar-refractivity contribution in [1.29, 1.82) is 0 Å². The molecule has 14 heteroatoms. The first-order valence-electron chi connectivity index (χ1n) is 11.3. The van der Waals surface area contributed by atoms with E-state index in [9.17, 15) is 22.6 Å². The van der Waals surface area contributed by atoms with Gasteiger partial charge in [-0.1, -0.05) is 11.3 Å². The van der Waals surface area contributed by atoms with Gasteiger partial charge in [0.1, 0.15) is 17.2 Å². The Bertz CT molecular complexity index is 1490. The fourth-order valence-corrected chi connectivity index (χ4v) is 5.29. The van der Waals surface area contributed by atoms with Crippen molar-refractivity contribution in [2.24, 2.45) is 0 Å². The van der Waals surface area contributed by atoms with Crippen molar-refractivity contribution in [2.75, 3.05) is 17.7 Å². The molecule has 0 aliphatic rings. The first-order valence-corrected chi connectivity index (χ1v) is 15.8. The molecule has 0 aliphatic carbocycles. The highest BCUT2D eigenvalue weighted by Gasteiger charge is 2.21. The molecule has 1 aromatic heterocycles. The summed E-state index contributed by atoms with van der Waals surface area (Å²) in [4.78, 5) is 48.0. The Morgan fingerprint density at radius 3 is 2.29 bits per heavy atom. The number of aryl methyl sites for hydroxylation is 1. The van der Waals surface area contributed by atoms with Crippen molar-refractivity contribution in [2.45, 2.75) is 38.2 Å². The third kappa shape index (κ3) is 8.47. The van der Waals surface area contributed by atoms with Crippen molar-refractivity contribution < 1.29 is 41.8 Å². The van der Waals surface area contributed by atoms with Crippen molar-refractivity contribution in [1.82, 2.24) is 4.98 Å². The number of benzene rings is 2. The predicted molar refractivity (Wildman–Crippen MR) is 142 cm³/mol. The number of rotatable bonds is 11. The number of ketones is 1. The summed E-state index contributed by atoms with van der Waals surface area (Å²) in [5.74, 6) is -0.0595. The summed E-state index contributed by atoms with van der Waals surface area (Å²) in [5.41, 5.74) is 0.507. The Morgan fingerprint density at radius 1 is 1.08 bits per heavy atom. The lowest BCUT2D eigenvalue weighted by Crippen LogP contribution is -2.13. The zero-order chi connectivity index (χ0) is 28.3. The average molecular weight is 583 g/mol. The number of ether oxygens (including phenoxy) is 2. The van der Waals surface area contributed by atoms with Crippen LogP contribution in [0.15, 0.2) is 47.4 Å². The minimum Gasteiger partial charge on any atom is -0.491 e. The zero-order valence-corrected chi connectivity index (χ0v) is 23.5. The number of hydrogen-bond acceptors (Lipinski definition) is 9. The van der Waals surface area contributed by atoms with Gasteiger partial charge in [0.2, 0.25) is 0 Å². The number of sulfone groups is 1. The Morgan fingerprint density at radius 2 is 1.71 bits per heavy atom. The molecule has 11 nitrogen and oxygen atoms in total. The van der Waals surface area contributed by atoms with Crippen LogP contribution in [0.3, 0.4) is 0 Å². The number of carbonyl (C=O) groups excluding carboxylic acids is 2. The van der Waals surface area contributed by atoms with Crippen LogP contribution in [0.2, 0.25) is 0 Å². The highest BCUT2D eigenvalue weighted by Crippen LogP contribution is 2.36. The van der Waals surface area contributed by atoms with Gasteiger partial charge in [0.15, 0.2) is 20.8 Å². The summed E-state index contributed by atoms with van der Waals surface area (Å²) in [6.07, 6.45) is -0.0152. The molecule has 2 aromatic carbocycles. The van der Waals surface area contributed by atoms with E-state index in [1.807, 2.05) is 13.8 Å². The summed E-state index contributed by atoms with van der Waals surface area (Å²) in [5, 5.41) is 2.77. The van der Waals surface area contributed by atoms with E-state index in [2.05, 4.69) is 10.3 Å². The summed E-state index contributed by atoms with van der Waals surface area (Å²) in [7, 11) is -7.69. The minimum atomic E-state index is -4.32. The van der Waals surface area contributed by atoms with Crippen LogP contribution < -0.4 is 14.8 Å². The number of nitrogens with one attached hydrogen (secondary N) is 1. The predicted octanol–water partition coefficient (Wildman–Crippen LogP) is 4.44. The third-order valence-corrected chi connectivity index (χ3v) is 7.95. The standard InChI is InChI=1S/C24H27N2O9PS2/c1-14(2)34-18-11-16(12-19(13-18)35-17-5-7-20(8-6-17)38(4,32)33)23(28)26-24-25-15(3)22(37-24)21(27)9-10-36(29,30)31/h5-8,11-14H,9-10H2,1-4H3,(H,25,26,28)(H2,29,30,31). The second-order valence-electron chi connectivity index (χ2n) is 8.65. The number of hydrogen-bond donors (Lipinski definition) is 3. The molecule has 38 heavy (non-hydrogen) atoms. The molecule has 0 fully saturated rings. The van der Waals surface area contributed by atoms with E-state index in [1.54, 1.807) is 13.0 Å². The number of amides is 1. The SMILES string of the molecule is Cc1nc(NC(=O)c2cc(Oc3ccc(S(C)(=O)=O)cc3)cc(OC(C)C)c2)sc1C(=O)CCP(=O)(O)O. The lowest BCUT2D eigenvalue weighted by Gasteiger charge is -2.14. The highest BCUT2D eigenvalue weighted by atomic mass is 32.2. The van der Waals surface area contributed by atoms with E-state index in [1.165, 1.54) is 36.4 Å². The molecule has 0 saturated carbocycles. The van der Waals surface area contributed by atoms with Crippen molar-refractivity contribution >= 4 is 45.6 Å². The van der Waals surface area contributed by atoms with Crippen LogP contribution in [0, 0.1) is 6.92 Å². The van der Waals surface area contributed by atoms with Gasteiger partial charge in [-0.15, -0.1) is 0 Å². The van der Waals surface area contributed by atoms with Crippen LogP contribution >= 0.6 is 18.9 Å². The second kappa shape index (κ2) is 11.7. The number of aromatic nitrogens is 1. The summed E-state index contributed by atoms with van der Waals surface area (Å²) in [6, 6.07) is 10.4. The number of carbonyl (C=O) groups is 2. The maximum atomic E-state index is 13.0. The Hall–Kier alpha value is -3.09. The van der Waals surface area contributed by atoms with Gasteiger partial charge in [-0.25, -0.2) is 13.4 Å². The first-order chi connectivity index (χ1) is 17.6. The Kier molecular flexibility index (Phi) is 9.11. The van der Waals surface area contributed by atoms with Gasteiger partial charge >= 0.3 is 7.60 Å². The molecule has 204 valence electrons. The first kappa shape index (κ1) is 29.5. The molecule has 0 bridgehead atoms. The molecule has 0 atom stereocenters. The van der Waals surface area contributed by atoms with Gasteiger partial charge in [0, 0.05) is 24.3 Å². The van der Waals surface area contributed by atoms with Gasteiger partial charge < -0.3 is 19.3 Å². The van der Waals surface area contributed by atoms with Crippen LogP contribution in [0.5, 0.6) is 17.2 Å². The smallest absolute Gasteiger partial charge is 0.326 e. The normalized spacial score (nSPS) is 11.9. The van der Waals surface area contributed by atoms with E-state index in [4.69, 9.17) is 19.3 Å². The van der Waals surface area contributed by atoms with Crippen LogP contribution in [-0.2, 0) is 14.4 Å². The molecule has 0 saturated heterocycles. The third-order valence-electron chi connectivity index (χ3n) is 4.90. The largest absolute Gasteiger partial charge is 0.491 e. The van der Waals surface area contributed by atoms with Gasteiger partial charge in [0.05, 0.1) is 27.7 Å². The molecule has 3 aromatic rings. The van der Waals surface area contributed by atoms with Gasteiger partial charge in [0.25, 0.3) is 5.91 Å². The van der Waals surface area contributed by atoms with Crippen molar-refractivity contribution in [3.63, 3.8) is 0 Å². The van der Waals surface area contributed by atoms with E-state index < -0.39 is 35.3 Å². The van der Waals surface area contributed by atoms with E-state index in [0.29, 0.717) is 17.2 Å². The molecular formula is C24H27N2O9PS2. The molecule has 1 amide bonds. The molecule has 3 N–H and O–H groups in total. The molecule has 1 heterocycles. The van der Waals surface area contributed by atoms with Gasteiger partial charge in [-0.05, 0) is 57.2 Å². The van der Waals surface area contributed by atoms with Crippen molar-refractivity contribution in [3.8, 4) is 17.2 Å². The van der Waals surface area contributed by atoms with Crippen LogP contribution in [0.1, 0.15) is 46.0 Å². The van der Waals surface area contributed by atoms with E-state index >= 15 is 0 Å². The minimum absolute atomic E-state index is 0.139. The van der Waals surface area contributed by atoms with E-state index in [-0.39, 0.29) is 38.7 Å². The van der Waals surface area contributed by atoms with Crippen LogP contribution in [-0.4, -0.2) is 53.4 Å². The molecule has 0 aliphatic heterocycles. The fraction of sp³-hybridized carbons (Fsp3) is 0.292. The zero-order valence-electron chi connectivity index (χ0n) is 21.0. The fourth-order valence-electron chi connectivity index (χ4n) is 3.23. The Labute approximate surface area is 223 Å². The number of thiazole rings is 1. The quantitative estimate of drug-likeness (QED) is 0.217. The maximum absolute atomic E-state index is 13.0. The van der Waals surface area contributed by atoms with Gasteiger partial charge in [-0.2, -0.15) is 0 Å². The number of Topliss-reactive ketones (excluding diaryl/α,β-unsaturated/α-hetero) is 1. The molecular weight excluding hydrogens is 555 g/mol. The summed E-state index contributed by atoms with van der Waals surface area (Å²) in [6.45, 7) is 5.20. The molecule has 0 spiro atoms. The van der Waals surface area contributed by atoms with Crippen LogP contribution in [0.4, 0.5) is 5.13 Å². The molecule has 3 rings (SSSR count). The second-order valence-corrected chi connectivity index (χ2v) is 13.4. The maximum Gasteiger partial charge on any atom is 0.326 e. The molecule has 0 radical (unpaired) electrons. The molecule has 0 unspecified atom stereocenters. The summed E-state index contributed by atoms with van der Waals surface area (Å²) >= 11 is 0.909. The monoisotopic (exact) mass is 582 g/mol. The summed E-state index contributed by atoms with van der Waals surface area (Å²) < 4.78 is 46.1. The Balaban J connectivity index is 1.82.